The molecule has 0 bridgehead atoms. The summed E-state index contributed by atoms with van der Waals surface area (Å²) >= 11 is 6.06. The number of hydrogen-bond acceptors (Lipinski definition) is 3. The second-order valence-corrected chi connectivity index (χ2v) is 7.36. The molecule has 3 aromatic rings. The van der Waals surface area contributed by atoms with Gasteiger partial charge >= 0.3 is 0 Å². The predicted octanol–water partition coefficient (Wildman–Crippen LogP) is 5.62. The molecule has 0 aliphatic heterocycles. The first-order valence-corrected chi connectivity index (χ1v) is 9.92. The fourth-order valence-corrected chi connectivity index (χ4v) is 3.00. The Labute approximate surface area is 181 Å². The summed E-state index contributed by atoms with van der Waals surface area (Å²) in [5, 5.41) is 6.11. The van der Waals surface area contributed by atoms with Gasteiger partial charge in [0.25, 0.3) is 11.8 Å². The zero-order valence-electron chi connectivity index (χ0n) is 17.0. The molecule has 2 amide bonds. The van der Waals surface area contributed by atoms with Gasteiger partial charge in [0.1, 0.15) is 5.75 Å². The van der Waals surface area contributed by atoms with Gasteiger partial charge < -0.3 is 15.4 Å². The van der Waals surface area contributed by atoms with E-state index in [2.05, 4.69) is 10.6 Å². The summed E-state index contributed by atoms with van der Waals surface area (Å²) in [5.74, 6) is -0.0419. The minimum absolute atomic E-state index is 0.209. The Kier molecular flexibility index (Phi) is 6.75. The quantitative estimate of drug-likeness (QED) is 0.542. The molecule has 0 aliphatic rings. The second kappa shape index (κ2) is 9.46. The van der Waals surface area contributed by atoms with Gasteiger partial charge in [0, 0.05) is 11.3 Å². The van der Waals surface area contributed by atoms with Crippen LogP contribution in [0.2, 0.25) is 5.02 Å². The van der Waals surface area contributed by atoms with Crippen molar-refractivity contribution in [1.29, 1.82) is 0 Å². The van der Waals surface area contributed by atoms with Gasteiger partial charge in [-0.1, -0.05) is 35.9 Å². The average molecular weight is 423 g/mol. The van der Waals surface area contributed by atoms with Crippen molar-refractivity contribution in [2.75, 3.05) is 10.6 Å². The minimum atomic E-state index is -0.740. The molecular weight excluding hydrogens is 400 g/mol. The van der Waals surface area contributed by atoms with Crippen LogP contribution in [-0.2, 0) is 4.79 Å². The highest BCUT2D eigenvalue weighted by Gasteiger charge is 2.16. The summed E-state index contributed by atoms with van der Waals surface area (Å²) < 4.78 is 5.69. The number of amides is 2. The van der Waals surface area contributed by atoms with Gasteiger partial charge in [-0.05, 0) is 74.4 Å². The van der Waals surface area contributed by atoms with Crippen LogP contribution in [0.15, 0.2) is 66.7 Å². The maximum atomic E-state index is 12.5. The van der Waals surface area contributed by atoms with Crippen molar-refractivity contribution in [3.05, 3.63) is 88.4 Å². The SMILES string of the molecule is Cc1cccc(NC(=O)c2ccc(O[C@H](C)C(=O)Nc3ccccc3Cl)cc2)c1C. The molecule has 5 nitrogen and oxygen atoms in total. The summed E-state index contributed by atoms with van der Waals surface area (Å²) in [6, 6.07) is 19.4. The lowest BCUT2D eigenvalue weighted by molar-refractivity contribution is -0.122. The Morgan fingerprint density at radius 1 is 0.867 bits per heavy atom. The van der Waals surface area contributed by atoms with Crippen molar-refractivity contribution in [3.8, 4) is 5.75 Å². The Morgan fingerprint density at radius 3 is 2.23 bits per heavy atom. The number of anilines is 2. The Bertz CT molecular complexity index is 1060. The zero-order chi connectivity index (χ0) is 21.7. The van der Waals surface area contributed by atoms with E-state index >= 15 is 0 Å². The van der Waals surface area contributed by atoms with Crippen LogP contribution >= 0.6 is 11.6 Å². The van der Waals surface area contributed by atoms with Crippen molar-refractivity contribution in [3.63, 3.8) is 0 Å². The molecule has 6 heteroatoms. The first-order chi connectivity index (χ1) is 14.3. The topological polar surface area (TPSA) is 67.4 Å². The molecule has 1 atom stereocenters. The number of rotatable bonds is 6. The van der Waals surface area contributed by atoms with Crippen LogP contribution in [0.3, 0.4) is 0 Å². The molecule has 0 heterocycles. The van der Waals surface area contributed by atoms with E-state index in [9.17, 15) is 9.59 Å². The van der Waals surface area contributed by atoms with Gasteiger partial charge in [0.05, 0.1) is 10.7 Å². The smallest absolute Gasteiger partial charge is 0.265 e. The zero-order valence-corrected chi connectivity index (χ0v) is 17.8. The van der Waals surface area contributed by atoms with E-state index in [1.54, 1.807) is 55.5 Å². The largest absolute Gasteiger partial charge is 0.481 e. The maximum absolute atomic E-state index is 12.5. The summed E-state index contributed by atoms with van der Waals surface area (Å²) in [6.45, 7) is 5.62. The molecule has 154 valence electrons. The molecule has 0 spiro atoms. The minimum Gasteiger partial charge on any atom is -0.481 e. The Morgan fingerprint density at radius 2 is 1.53 bits per heavy atom. The molecule has 3 rings (SSSR count). The normalized spacial score (nSPS) is 11.5. The first kappa shape index (κ1) is 21.4. The molecule has 2 N–H and O–H groups in total. The number of ether oxygens (including phenoxy) is 1. The van der Waals surface area contributed by atoms with Crippen LogP contribution in [0.4, 0.5) is 11.4 Å². The van der Waals surface area contributed by atoms with Crippen LogP contribution in [-0.4, -0.2) is 17.9 Å². The van der Waals surface area contributed by atoms with Gasteiger partial charge in [0.15, 0.2) is 6.10 Å². The summed E-state index contributed by atoms with van der Waals surface area (Å²) in [7, 11) is 0. The van der Waals surface area contributed by atoms with Crippen LogP contribution in [0.5, 0.6) is 5.75 Å². The van der Waals surface area contributed by atoms with E-state index in [1.165, 1.54) is 0 Å². The maximum Gasteiger partial charge on any atom is 0.265 e. The first-order valence-electron chi connectivity index (χ1n) is 9.55. The number of carbonyl (C=O) groups is 2. The highest BCUT2D eigenvalue weighted by atomic mass is 35.5. The molecule has 0 saturated carbocycles. The van der Waals surface area contributed by atoms with E-state index in [1.807, 2.05) is 32.0 Å². The Balaban J connectivity index is 1.61. The molecule has 0 aliphatic carbocycles. The highest BCUT2D eigenvalue weighted by molar-refractivity contribution is 6.33. The van der Waals surface area contributed by atoms with Gasteiger partial charge in [-0.2, -0.15) is 0 Å². The molecule has 0 saturated heterocycles. The van der Waals surface area contributed by atoms with E-state index in [-0.39, 0.29) is 11.8 Å². The van der Waals surface area contributed by atoms with Crippen molar-refractivity contribution >= 4 is 34.8 Å². The predicted molar refractivity (Wildman–Crippen MR) is 120 cm³/mol. The molecule has 30 heavy (non-hydrogen) atoms. The molecule has 3 aromatic carbocycles. The van der Waals surface area contributed by atoms with E-state index in [4.69, 9.17) is 16.3 Å². The monoisotopic (exact) mass is 422 g/mol. The molecule has 0 radical (unpaired) electrons. The van der Waals surface area contributed by atoms with Crippen molar-refractivity contribution in [1.82, 2.24) is 0 Å². The Hall–Kier alpha value is -3.31. The number of hydrogen-bond donors (Lipinski definition) is 2. The summed E-state index contributed by atoms with van der Waals surface area (Å²) in [4.78, 5) is 24.9. The van der Waals surface area contributed by atoms with Crippen molar-refractivity contribution < 1.29 is 14.3 Å². The van der Waals surface area contributed by atoms with E-state index in [0.29, 0.717) is 22.0 Å². The van der Waals surface area contributed by atoms with Crippen LogP contribution in [0.25, 0.3) is 0 Å². The second-order valence-electron chi connectivity index (χ2n) is 6.96. The van der Waals surface area contributed by atoms with Gasteiger partial charge in [-0.15, -0.1) is 0 Å². The van der Waals surface area contributed by atoms with Gasteiger partial charge in [-0.3, -0.25) is 9.59 Å². The van der Waals surface area contributed by atoms with Crippen LogP contribution in [0.1, 0.15) is 28.4 Å². The number of nitrogens with one attached hydrogen (secondary N) is 2. The number of carbonyl (C=O) groups excluding carboxylic acids is 2. The van der Waals surface area contributed by atoms with Gasteiger partial charge in [-0.25, -0.2) is 0 Å². The molecule has 0 unspecified atom stereocenters. The third kappa shape index (κ3) is 5.19. The highest BCUT2D eigenvalue weighted by Crippen LogP contribution is 2.22. The lowest BCUT2D eigenvalue weighted by Crippen LogP contribution is -2.30. The molecule has 0 aromatic heterocycles. The lowest BCUT2D eigenvalue weighted by Gasteiger charge is -2.15. The average Bonchev–Trinajstić information content (AvgIpc) is 2.73. The fourth-order valence-electron chi connectivity index (χ4n) is 2.82. The molecule has 0 fully saturated rings. The third-order valence-electron chi connectivity index (χ3n) is 4.78. The summed E-state index contributed by atoms with van der Waals surface area (Å²) in [5.41, 5.74) is 3.95. The number of para-hydroxylation sites is 1. The standard InChI is InChI=1S/C24H23ClN2O3/c1-15-7-6-10-21(16(15)2)26-24(29)18-11-13-19(14-12-18)30-17(3)23(28)27-22-9-5-4-8-20(22)25/h4-14,17H,1-3H3,(H,26,29)(H,27,28)/t17-/m1/s1. The number of benzene rings is 3. The molecular formula is C24H23ClN2O3. The lowest BCUT2D eigenvalue weighted by atomic mass is 10.1. The summed E-state index contributed by atoms with van der Waals surface area (Å²) in [6.07, 6.45) is -0.740. The van der Waals surface area contributed by atoms with Gasteiger partial charge in [0.2, 0.25) is 0 Å². The van der Waals surface area contributed by atoms with Crippen molar-refractivity contribution in [2.45, 2.75) is 26.9 Å². The van der Waals surface area contributed by atoms with Crippen LogP contribution < -0.4 is 15.4 Å². The number of aryl methyl sites for hydroxylation is 1. The number of halogens is 1. The van der Waals surface area contributed by atoms with Crippen LogP contribution in [0, 0.1) is 13.8 Å². The fraction of sp³-hybridized carbons (Fsp3) is 0.167. The van der Waals surface area contributed by atoms with E-state index in [0.717, 1.165) is 16.8 Å². The third-order valence-corrected chi connectivity index (χ3v) is 5.11. The van der Waals surface area contributed by atoms with E-state index < -0.39 is 6.10 Å². The van der Waals surface area contributed by atoms with Crippen molar-refractivity contribution in [2.24, 2.45) is 0 Å².